The number of nitrogens with zero attached hydrogens (tertiary/aromatic N) is 3. The molecule has 2 aliphatic heterocycles. The van der Waals surface area contributed by atoms with E-state index in [1.807, 2.05) is 0 Å². The molecular formula is C11H18N4O2. The maximum atomic E-state index is 5.39. The van der Waals surface area contributed by atoms with Gasteiger partial charge in [-0.2, -0.15) is 4.98 Å². The molecule has 0 amide bonds. The van der Waals surface area contributed by atoms with E-state index in [4.69, 9.17) is 9.26 Å². The van der Waals surface area contributed by atoms with Gasteiger partial charge in [-0.15, -0.1) is 0 Å². The van der Waals surface area contributed by atoms with Crippen LogP contribution in [0.15, 0.2) is 4.52 Å². The van der Waals surface area contributed by atoms with Gasteiger partial charge in [0.2, 0.25) is 5.89 Å². The Bertz CT molecular complexity index is 375. The van der Waals surface area contributed by atoms with Gasteiger partial charge in [0.1, 0.15) is 0 Å². The van der Waals surface area contributed by atoms with E-state index >= 15 is 0 Å². The topological polar surface area (TPSA) is 63.4 Å². The van der Waals surface area contributed by atoms with Gasteiger partial charge in [0.25, 0.3) is 5.95 Å². The molecule has 94 valence electrons. The zero-order valence-electron chi connectivity index (χ0n) is 10.1. The summed E-state index contributed by atoms with van der Waals surface area (Å²) in [7, 11) is 0. The highest BCUT2D eigenvalue weighted by atomic mass is 16.5. The quantitative estimate of drug-likeness (QED) is 0.795. The van der Waals surface area contributed by atoms with Crippen LogP contribution < -0.4 is 10.2 Å². The predicted octanol–water partition coefficient (Wildman–Crippen LogP) is 0.229. The average molecular weight is 238 g/mol. The van der Waals surface area contributed by atoms with Gasteiger partial charge < -0.3 is 19.5 Å². The number of hydrogen-bond acceptors (Lipinski definition) is 6. The van der Waals surface area contributed by atoms with E-state index in [1.54, 1.807) is 0 Å². The van der Waals surface area contributed by atoms with Gasteiger partial charge in [-0.1, -0.05) is 6.92 Å². The standard InChI is InChI=1S/C11H18N4O2/c1-8-6-12-7-9(8)10-13-11(14-17-10)15-2-4-16-5-3-15/h8-9,12H,2-7H2,1H3/t8-,9-/m1/s1. The Hall–Kier alpha value is -1.14. The SMILES string of the molecule is C[C@@H]1CNC[C@H]1c1nc(N2CCOCC2)no1. The second kappa shape index (κ2) is 4.62. The van der Waals surface area contributed by atoms with Crippen molar-refractivity contribution in [1.29, 1.82) is 0 Å². The Kier molecular flexibility index (Phi) is 2.98. The Labute approximate surface area is 100 Å². The molecule has 2 atom stereocenters. The molecule has 2 fully saturated rings. The minimum atomic E-state index is 0.359. The van der Waals surface area contributed by atoms with Crippen LogP contribution in [-0.4, -0.2) is 49.5 Å². The smallest absolute Gasteiger partial charge is 0.266 e. The van der Waals surface area contributed by atoms with Crippen LogP contribution in [0.1, 0.15) is 18.7 Å². The molecule has 0 spiro atoms. The van der Waals surface area contributed by atoms with Crippen LogP contribution >= 0.6 is 0 Å². The van der Waals surface area contributed by atoms with Crippen LogP contribution in [0, 0.1) is 5.92 Å². The number of ether oxygens (including phenoxy) is 1. The van der Waals surface area contributed by atoms with E-state index in [9.17, 15) is 0 Å². The lowest BCUT2D eigenvalue weighted by molar-refractivity contribution is 0.121. The van der Waals surface area contributed by atoms with Crippen LogP contribution in [0.5, 0.6) is 0 Å². The first-order valence-corrected chi connectivity index (χ1v) is 6.21. The van der Waals surface area contributed by atoms with Crippen molar-refractivity contribution < 1.29 is 9.26 Å². The lowest BCUT2D eigenvalue weighted by Crippen LogP contribution is -2.36. The van der Waals surface area contributed by atoms with Crippen LogP contribution in [0.4, 0.5) is 5.95 Å². The summed E-state index contributed by atoms with van der Waals surface area (Å²) in [5, 5.41) is 7.42. The third kappa shape index (κ3) is 2.14. The van der Waals surface area contributed by atoms with E-state index in [-0.39, 0.29) is 0 Å². The second-order valence-electron chi connectivity index (χ2n) is 4.77. The summed E-state index contributed by atoms with van der Waals surface area (Å²) < 4.78 is 10.7. The molecule has 6 nitrogen and oxygen atoms in total. The van der Waals surface area contributed by atoms with Gasteiger partial charge in [0.15, 0.2) is 0 Å². The third-order valence-electron chi connectivity index (χ3n) is 3.56. The molecule has 0 aliphatic carbocycles. The molecule has 2 saturated heterocycles. The van der Waals surface area contributed by atoms with E-state index in [0.29, 0.717) is 17.8 Å². The van der Waals surface area contributed by atoms with E-state index in [0.717, 1.165) is 45.3 Å². The van der Waals surface area contributed by atoms with E-state index < -0.39 is 0 Å². The van der Waals surface area contributed by atoms with Crippen molar-refractivity contribution in [3.8, 4) is 0 Å². The van der Waals surface area contributed by atoms with Crippen molar-refractivity contribution in [2.75, 3.05) is 44.3 Å². The van der Waals surface area contributed by atoms with Gasteiger partial charge >= 0.3 is 0 Å². The molecule has 6 heteroatoms. The predicted molar refractivity (Wildman–Crippen MR) is 62.1 cm³/mol. The van der Waals surface area contributed by atoms with Crippen molar-refractivity contribution in [1.82, 2.24) is 15.5 Å². The molecule has 17 heavy (non-hydrogen) atoms. The molecule has 0 unspecified atom stereocenters. The van der Waals surface area contributed by atoms with Crippen molar-refractivity contribution in [2.45, 2.75) is 12.8 Å². The van der Waals surface area contributed by atoms with Gasteiger partial charge in [0.05, 0.1) is 19.1 Å². The zero-order chi connectivity index (χ0) is 11.7. The zero-order valence-corrected chi connectivity index (χ0v) is 10.1. The van der Waals surface area contributed by atoms with Crippen LogP contribution in [0.2, 0.25) is 0 Å². The number of aromatic nitrogens is 2. The Balaban J connectivity index is 1.73. The summed E-state index contributed by atoms with van der Waals surface area (Å²) in [5.41, 5.74) is 0. The summed E-state index contributed by atoms with van der Waals surface area (Å²) in [5.74, 6) is 2.40. The molecule has 1 aromatic rings. The number of rotatable bonds is 2. The first-order valence-electron chi connectivity index (χ1n) is 6.21. The third-order valence-corrected chi connectivity index (χ3v) is 3.56. The minimum absolute atomic E-state index is 0.359. The van der Waals surface area contributed by atoms with Crippen LogP contribution in [0.25, 0.3) is 0 Å². The lowest BCUT2D eigenvalue weighted by Gasteiger charge is -2.24. The lowest BCUT2D eigenvalue weighted by atomic mass is 9.98. The summed E-state index contributed by atoms with van der Waals surface area (Å²) >= 11 is 0. The highest BCUT2D eigenvalue weighted by Gasteiger charge is 2.30. The normalized spacial score (nSPS) is 29.8. The number of morpholine rings is 1. The van der Waals surface area contributed by atoms with E-state index in [1.165, 1.54) is 0 Å². The summed E-state index contributed by atoms with van der Waals surface area (Å²) in [6, 6.07) is 0. The molecular weight excluding hydrogens is 220 g/mol. The van der Waals surface area contributed by atoms with Crippen molar-refractivity contribution >= 4 is 5.95 Å². The fourth-order valence-corrected chi connectivity index (χ4v) is 2.41. The fraction of sp³-hybridized carbons (Fsp3) is 0.818. The van der Waals surface area contributed by atoms with Gasteiger partial charge in [-0.3, -0.25) is 0 Å². The summed E-state index contributed by atoms with van der Waals surface area (Å²) in [6.45, 7) is 7.35. The maximum absolute atomic E-state index is 5.39. The Morgan fingerprint density at radius 3 is 2.82 bits per heavy atom. The fourth-order valence-electron chi connectivity index (χ4n) is 2.41. The number of hydrogen-bond donors (Lipinski definition) is 1. The average Bonchev–Trinajstić information content (AvgIpc) is 2.98. The van der Waals surface area contributed by atoms with Crippen molar-refractivity contribution in [3.63, 3.8) is 0 Å². The molecule has 3 rings (SSSR count). The molecule has 0 aromatic carbocycles. The molecule has 1 aromatic heterocycles. The van der Waals surface area contributed by atoms with Crippen molar-refractivity contribution in [3.05, 3.63) is 5.89 Å². The molecule has 2 aliphatic rings. The van der Waals surface area contributed by atoms with Gasteiger partial charge in [-0.25, -0.2) is 0 Å². The highest BCUT2D eigenvalue weighted by molar-refractivity contribution is 5.28. The second-order valence-corrected chi connectivity index (χ2v) is 4.77. The largest absolute Gasteiger partial charge is 0.378 e. The summed E-state index contributed by atoms with van der Waals surface area (Å²) in [4.78, 5) is 6.63. The molecule has 0 radical (unpaired) electrons. The monoisotopic (exact) mass is 238 g/mol. The highest BCUT2D eigenvalue weighted by Crippen LogP contribution is 2.27. The Morgan fingerprint density at radius 2 is 2.12 bits per heavy atom. The number of nitrogens with one attached hydrogen (secondary N) is 1. The van der Waals surface area contributed by atoms with Crippen LogP contribution in [-0.2, 0) is 4.74 Å². The number of anilines is 1. The van der Waals surface area contributed by atoms with Crippen LogP contribution in [0.3, 0.4) is 0 Å². The minimum Gasteiger partial charge on any atom is -0.378 e. The van der Waals surface area contributed by atoms with Gasteiger partial charge in [-0.05, 0) is 17.6 Å². The molecule has 0 saturated carbocycles. The summed E-state index contributed by atoms with van der Waals surface area (Å²) in [6.07, 6.45) is 0. The molecule has 0 bridgehead atoms. The first-order chi connectivity index (χ1) is 8.34. The molecule has 1 N–H and O–H groups in total. The van der Waals surface area contributed by atoms with E-state index in [2.05, 4.69) is 27.3 Å². The van der Waals surface area contributed by atoms with Crippen molar-refractivity contribution in [2.24, 2.45) is 5.92 Å². The Morgan fingerprint density at radius 1 is 1.29 bits per heavy atom. The molecule has 3 heterocycles. The van der Waals surface area contributed by atoms with Gasteiger partial charge in [0, 0.05) is 19.6 Å². The first kappa shape index (κ1) is 11.0. The maximum Gasteiger partial charge on any atom is 0.266 e.